The number of likely N-dealkylation sites (N-methyl/N-ethyl adjacent to an activating group) is 1. The number of nitrogens with zero attached hydrogens (tertiary/aromatic N) is 2. The first-order chi connectivity index (χ1) is 10.1. The highest BCUT2D eigenvalue weighted by Gasteiger charge is 2.56. The molecule has 1 aliphatic heterocycles. The van der Waals surface area contributed by atoms with E-state index in [1.807, 2.05) is 13.8 Å². The molecule has 1 aliphatic carbocycles. The van der Waals surface area contributed by atoms with E-state index >= 15 is 0 Å². The lowest BCUT2D eigenvalue weighted by Gasteiger charge is -2.30. The molecule has 0 bridgehead atoms. The van der Waals surface area contributed by atoms with Crippen LogP contribution < -0.4 is 11.1 Å². The van der Waals surface area contributed by atoms with Gasteiger partial charge < -0.3 is 16.0 Å². The topological polar surface area (TPSA) is 95.7 Å². The molecule has 0 aromatic heterocycles. The van der Waals surface area contributed by atoms with Crippen molar-refractivity contribution in [3.8, 4) is 0 Å². The maximum atomic E-state index is 12.5. The maximum absolute atomic E-state index is 12.5. The normalized spacial score (nSPS) is 25.4. The van der Waals surface area contributed by atoms with Crippen LogP contribution >= 0.6 is 0 Å². The Labute approximate surface area is 131 Å². The monoisotopic (exact) mass is 310 g/mol. The van der Waals surface area contributed by atoms with Gasteiger partial charge in [0.1, 0.15) is 12.1 Å². The van der Waals surface area contributed by atoms with Gasteiger partial charge in [-0.2, -0.15) is 0 Å². The van der Waals surface area contributed by atoms with Crippen LogP contribution in [0.1, 0.15) is 33.6 Å². The minimum Gasteiger partial charge on any atom is -0.344 e. The Morgan fingerprint density at radius 2 is 2.05 bits per heavy atom. The smallest absolute Gasteiger partial charge is 0.325 e. The van der Waals surface area contributed by atoms with E-state index in [0.29, 0.717) is 13.1 Å². The van der Waals surface area contributed by atoms with Gasteiger partial charge in [0.05, 0.1) is 0 Å². The summed E-state index contributed by atoms with van der Waals surface area (Å²) in [5.41, 5.74) is 4.63. The van der Waals surface area contributed by atoms with Gasteiger partial charge in [-0.1, -0.05) is 13.8 Å². The number of urea groups is 1. The number of carbonyl (C=O) groups excluding carboxylic acids is 3. The second-order valence-corrected chi connectivity index (χ2v) is 7.42. The Kier molecular flexibility index (Phi) is 4.21. The van der Waals surface area contributed by atoms with Crippen molar-refractivity contribution < 1.29 is 14.4 Å². The molecule has 2 fully saturated rings. The molecule has 7 heteroatoms. The van der Waals surface area contributed by atoms with Gasteiger partial charge in [-0.05, 0) is 37.6 Å². The van der Waals surface area contributed by atoms with E-state index in [2.05, 4.69) is 5.32 Å². The summed E-state index contributed by atoms with van der Waals surface area (Å²) >= 11 is 0. The molecular formula is C15H26N4O3. The third-order valence-corrected chi connectivity index (χ3v) is 4.63. The average Bonchev–Trinajstić information content (AvgIpc) is 3.24. The van der Waals surface area contributed by atoms with Crippen LogP contribution in [0.4, 0.5) is 4.79 Å². The molecule has 0 aromatic rings. The van der Waals surface area contributed by atoms with Crippen LogP contribution in [-0.4, -0.2) is 59.9 Å². The van der Waals surface area contributed by atoms with Crippen molar-refractivity contribution >= 4 is 17.8 Å². The predicted octanol–water partition coefficient (Wildman–Crippen LogP) is 0.150. The highest BCUT2D eigenvalue weighted by Crippen LogP contribution is 2.42. The second kappa shape index (κ2) is 5.53. The first-order valence-corrected chi connectivity index (χ1v) is 7.69. The summed E-state index contributed by atoms with van der Waals surface area (Å²) in [4.78, 5) is 39.4. The van der Waals surface area contributed by atoms with Crippen molar-refractivity contribution in [3.63, 3.8) is 0 Å². The Bertz CT molecular complexity index is 501. The van der Waals surface area contributed by atoms with Crippen LogP contribution in [0.25, 0.3) is 0 Å². The molecule has 22 heavy (non-hydrogen) atoms. The Hall–Kier alpha value is -1.63. The van der Waals surface area contributed by atoms with E-state index in [9.17, 15) is 14.4 Å². The highest BCUT2D eigenvalue weighted by molar-refractivity contribution is 6.09. The fraction of sp³-hybridized carbons (Fsp3) is 0.800. The number of hydrogen-bond donors (Lipinski definition) is 2. The molecule has 1 saturated heterocycles. The number of imide groups is 1. The lowest BCUT2D eigenvalue weighted by Crippen LogP contribution is -2.48. The lowest BCUT2D eigenvalue weighted by atomic mass is 9.93. The average molecular weight is 310 g/mol. The molecule has 1 heterocycles. The number of carbonyl (C=O) groups is 3. The molecule has 2 rings (SSSR count). The van der Waals surface area contributed by atoms with Gasteiger partial charge in [-0.25, -0.2) is 4.79 Å². The number of nitrogens with two attached hydrogens (primary N) is 1. The molecule has 0 spiro atoms. The quantitative estimate of drug-likeness (QED) is 0.683. The van der Waals surface area contributed by atoms with Gasteiger partial charge in [0, 0.05) is 13.6 Å². The number of amides is 4. The molecule has 3 N–H and O–H groups in total. The van der Waals surface area contributed by atoms with Crippen molar-refractivity contribution in [1.29, 1.82) is 0 Å². The molecule has 0 aromatic carbocycles. The first-order valence-electron chi connectivity index (χ1n) is 7.69. The largest absolute Gasteiger partial charge is 0.344 e. The minimum atomic E-state index is -0.841. The van der Waals surface area contributed by atoms with Crippen LogP contribution in [0, 0.1) is 11.3 Å². The van der Waals surface area contributed by atoms with Crippen LogP contribution in [-0.2, 0) is 9.59 Å². The van der Waals surface area contributed by atoms with Gasteiger partial charge >= 0.3 is 6.03 Å². The second-order valence-electron chi connectivity index (χ2n) is 7.42. The van der Waals surface area contributed by atoms with Crippen LogP contribution in [0.3, 0.4) is 0 Å². The molecule has 1 unspecified atom stereocenters. The summed E-state index contributed by atoms with van der Waals surface area (Å²) < 4.78 is 0. The molecular weight excluding hydrogens is 284 g/mol. The molecule has 1 saturated carbocycles. The van der Waals surface area contributed by atoms with Crippen molar-refractivity contribution in [2.45, 2.75) is 39.2 Å². The summed E-state index contributed by atoms with van der Waals surface area (Å²) in [5, 5.41) is 2.74. The summed E-state index contributed by atoms with van der Waals surface area (Å²) in [6.07, 6.45) is 1.88. The lowest BCUT2D eigenvalue weighted by molar-refractivity contribution is -0.139. The Morgan fingerprint density at radius 1 is 1.45 bits per heavy atom. The fourth-order valence-electron chi connectivity index (χ4n) is 2.85. The standard InChI is InChI=1S/C15H26N4O3/c1-14(2,8-16)9-18(4)11(20)7-19-12(21)15(3,10-5-6-10)17-13(19)22/h10H,5-9,16H2,1-4H3,(H,17,22). The minimum absolute atomic E-state index is 0.193. The van der Waals surface area contributed by atoms with Gasteiger partial charge in [-0.15, -0.1) is 0 Å². The molecule has 1 atom stereocenters. The highest BCUT2D eigenvalue weighted by atomic mass is 16.2. The Balaban J connectivity index is 1.99. The van der Waals surface area contributed by atoms with Crippen molar-refractivity contribution in [3.05, 3.63) is 0 Å². The summed E-state index contributed by atoms with van der Waals surface area (Å²) in [6.45, 7) is 6.39. The van der Waals surface area contributed by atoms with E-state index in [4.69, 9.17) is 5.73 Å². The van der Waals surface area contributed by atoms with Crippen LogP contribution in [0.5, 0.6) is 0 Å². The molecule has 7 nitrogen and oxygen atoms in total. The zero-order valence-corrected chi connectivity index (χ0v) is 13.8. The first kappa shape index (κ1) is 16.7. The van der Waals surface area contributed by atoms with Crippen molar-refractivity contribution in [2.75, 3.05) is 26.7 Å². The number of hydrogen-bond acceptors (Lipinski definition) is 4. The molecule has 0 radical (unpaired) electrons. The molecule has 2 aliphatic rings. The van der Waals surface area contributed by atoms with Gasteiger partial charge in [0.25, 0.3) is 5.91 Å². The third-order valence-electron chi connectivity index (χ3n) is 4.63. The van der Waals surface area contributed by atoms with E-state index < -0.39 is 11.6 Å². The zero-order valence-electron chi connectivity index (χ0n) is 13.8. The van der Waals surface area contributed by atoms with Crippen LogP contribution in [0.2, 0.25) is 0 Å². The van der Waals surface area contributed by atoms with Crippen molar-refractivity contribution in [2.24, 2.45) is 17.1 Å². The van der Waals surface area contributed by atoms with Crippen LogP contribution in [0.15, 0.2) is 0 Å². The molecule has 124 valence electrons. The third kappa shape index (κ3) is 3.09. The SMILES string of the molecule is CN(CC(C)(C)CN)C(=O)CN1C(=O)NC(C)(C2CC2)C1=O. The van der Waals surface area contributed by atoms with E-state index in [0.717, 1.165) is 17.7 Å². The Morgan fingerprint density at radius 3 is 2.55 bits per heavy atom. The summed E-state index contributed by atoms with van der Waals surface area (Å²) in [7, 11) is 1.66. The fourth-order valence-corrected chi connectivity index (χ4v) is 2.85. The van der Waals surface area contributed by atoms with Crippen molar-refractivity contribution in [1.82, 2.24) is 15.1 Å². The summed E-state index contributed by atoms with van der Waals surface area (Å²) in [6, 6.07) is -0.473. The van der Waals surface area contributed by atoms with E-state index in [1.54, 1.807) is 14.0 Å². The van der Waals surface area contributed by atoms with E-state index in [1.165, 1.54) is 4.90 Å². The number of nitrogens with one attached hydrogen (secondary N) is 1. The maximum Gasteiger partial charge on any atom is 0.325 e. The van der Waals surface area contributed by atoms with E-state index in [-0.39, 0.29) is 29.7 Å². The number of rotatable bonds is 6. The van der Waals surface area contributed by atoms with Gasteiger partial charge in [-0.3, -0.25) is 14.5 Å². The van der Waals surface area contributed by atoms with Gasteiger partial charge in [0.15, 0.2) is 0 Å². The van der Waals surface area contributed by atoms with Gasteiger partial charge in [0.2, 0.25) is 5.91 Å². The summed E-state index contributed by atoms with van der Waals surface area (Å²) in [5.74, 6) is -0.358. The zero-order chi connectivity index (χ0) is 16.7. The molecule has 4 amide bonds. The predicted molar refractivity (Wildman–Crippen MR) is 81.8 cm³/mol.